The van der Waals surface area contributed by atoms with Crippen molar-refractivity contribution in [2.75, 3.05) is 0 Å². The highest BCUT2D eigenvalue weighted by Gasteiger charge is 2.24. The predicted octanol–water partition coefficient (Wildman–Crippen LogP) is 2.23. The lowest BCUT2D eigenvalue weighted by Gasteiger charge is -2.25. The van der Waals surface area contributed by atoms with Crippen molar-refractivity contribution in [3.05, 3.63) is 59.7 Å². The number of phenols is 1. The molecular formula is C16H17NO3S. The largest absolute Gasteiger partial charge is 0.508 e. The van der Waals surface area contributed by atoms with E-state index >= 15 is 0 Å². The number of hydrogen-bond acceptors (Lipinski definition) is 3. The molecule has 4 nitrogen and oxygen atoms in total. The molecule has 1 aliphatic carbocycles. The number of sulfonamides is 1. The molecule has 21 heavy (non-hydrogen) atoms. The van der Waals surface area contributed by atoms with Gasteiger partial charge in [0.2, 0.25) is 10.0 Å². The van der Waals surface area contributed by atoms with Gasteiger partial charge in [0.25, 0.3) is 0 Å². The van der Waals surface area contributed by atoms with Crippen molar-refractivity contribution in [3.63, 3.8) is 0 Å². The van der Waals surface area contributed by atoms with Gasteiger partial charge in [-0.15, -0.1) is 0 Å². The quantitative estimate of drug-likeness (QED) is 0.914. The van der Waals surface area contributed by atoms with Crippen LogP contribution in [-0.4, -0.2) is 19.6 Å². The van der Waals surface area contributed by atoms with Gasteiger partial charge < -0.3 is 5.11 Å². The van der Waals surface area contributed by atoms with Gasteiger partial charge in [0.15, 0.2) is 0 Å². The molecule has 1 aliphatic rings. The first-order valence-corrected chi connectivity index (χ1v) is 8.41. The van der Waals surface area contributed by atoms with Crippen molar-refractivity contribution in [2.45, 2.75) is 30.2 Å². The van der Waals surface area contributed by atoms with E-state index in [1.54, 1.807) is 0 Å². The highest BCUT2D eigenvalue weighted by molar-refractivity contribution is 7.89. The zero-order valence-corrected chi connectivity index (χ0v) is 12.3. The highest BCUT2D eigenvalue weighted by atomic mass is 32.2. The minimum absolute atomic E-state index is 0.0561. The summed E-state index contributed by atoms with van der Waals surface area (Å²) in [5.74, 6) is 0.0561. The van der Waals surface area contributed by atoms with Crippen molar-refractivity contribution in [1.82, 2.24) is 4.72 Å². The number of nitrogens with one attached hydrogen (secondary N) is 1. The van der Waals surface area contributed by atoms with Crippen molar-refractivity contribution in [3.8, 4) is 5.75 Å². The summed E-state index contributed by atoms with van der Waals surface area (Å²) in [7, 11) is -3.54. The monoisotopic (exact) mass is 303 g/mol. The molecule has 0 aliphatic heterocycles. The number of benzene rings is 2. The molecule has 0 bridgehead atoms. The number of hydrogen-bond donors (Lipinski definition) is 2. The molecule has 1 atom stereocenters. The maximum absolute atomic E-state index is 12.3. The van der Waals surface area contributed by atoms with Gasteiger partial charge in [-0.25, -0.2) is 13.1 Å². The second-order valence-electron chi connectivity index (χ2n) is 5.32. The van der Waals surface area contributed by atoms with Gasteiger partial charge in [-0.2, -0.15) is 0 Å². The van der Waals surface area contributed by atoms with Gasteiger partial charge in [-0.05, 0) is 54.7 Å². The Morgan fingerprint density at radius 1 is 1.00 bits per heavy atom. The molecule has 0 fully saturated rings. The Balaban J connectivity index is 1.77. The number of aromatic hydroxyl groups is 1. The Hall–Kier alpha value is -1.85. The molecule has 3 rings (SSSR count). The van der Waals surface area contributed by atoms with Crippen LogP contribution in [0.4, 0.5) is 0 Å². The van der Waals surface area contributed by atoms with Crippen molar-refractivity contribution in [2.24, 2.45) is 0 Å². The van der Waals surface area contributed by atoms with Crippen LogP contribution in [0.2, 0.25) is 0 Å². The first-order chi connectivity index (χ1) is 10.0. The molecule has 2 aromatic rings. The summed E-state index contributed by atoms with van der Waals surface area (Å²) in [6.07, 6.45) is 2.40. The van der Waals surface area contributed by atoms with E-state index in [1.807, 2.05) is 12.1 Å². The predicted molar refractivity (Wildman–Crippen MR) is 80.7 cm³/mol. The fraction of sp³-hybridized carbons (Fsp3) is 0.250. The van der Waals surface area contributed by atoms with E-state index in [0.29, 0.717) is 6.42 Å². The van der Waals surface area contributed by atoms with Crippen molar-refractivity contribution >= 4 is 10.0 Å². The first kappa shape index (κ1) is 14.1. The maximum Gasteiger partial charge on any atom is 0.240 e. The van der Waals surface area contributed by atoms with Crippen LogP contribution in [0.25, 0.3) is 0 Å². The SMILES string of the molecule is O=S(=O)(NC1CCc2ccccc2C1)c1ccc(O)cc1. The van der Waals surface area contributed by atoms with E-state index in [4.69, 9.17) is 0 Å². The van der Waals surface area contributed by atoms with E-state index in [-0.39, 0.29) is 16.7 Å². The Kier molecular flexibility index (Phi) is 3.69. The summed E-state index contributed by atoms with van der Waals surface area (Å²) in [5, 5.41) is 9.24. The molecule has 0 saturated heterocycles. The summed E-state index contributed by atoms with van der Waals surface area (Å²) in [4.78, 5) is 0.180. The highest BCUT2D eigenvalue weighted by Crippen LogP contribution is 2.23. The van der Waals surface area contributed by atoms with Crippen LogP contribution in [0.3, 0.4) is 0 Å². The first-order valence-electron chi connectivity index (χ1n) is 6.93. The summed E-state index contributed by atoms with van der Waals surface area (Å²) < 4.78 is 27.4. The van der Waals surface area contributed by atoms with Crippen LogP contribution in [0.5, 0.6) is 5.75 Å². The van der Waals surface area contributed by atoms with Crippen LogP contribution in [0, 0.1) is 0 Å². The van der Waals surface area contributed by atoms with Gasteiger partial charge in [0.05, 0.1) is 4.90 Å². The molecule has 0 radical (unpaired) electrons. The van der Waals surface area contributed by atoms with Crippen LogP contribution in [0.15, 0.2) is 53.4 Å². The van der Waals surface area contributed by atoms with E-state index in [1.165, 1.54) is 35.4 Å². The van der Waals surface area contributed by atoms with Crippen molar-refractivity contribution in [1.29, 1.82) is 0 Å². The van der Waals surface area contributed by atoms with Crippen LogP contribution in [-0.2, 0) is 22.9 Å². The molecular weight excluding hydrogens is 286 g/mol. The van der Waals surface area contributed by atoms with Crippen LogP contribution < -0.4 is 4.72 Å². The zero-order chi connectivity index (χ0) is 14.9. The average molecular weight is 303 g/mol. The Bertz CT molecular complexity index is 738. The van der Waals surface area contributed by atoms with Gasteiger partial charge in [-0.1, -0.05) is 24.3 Å². The summed E-state index contributed by atoms with van der Waals surface area (Å²) >= 11 is 0. The second kappa shape index (κ2) is 5.50. The molecule has 1 unspecified atom stereocenters. The number of aryl methyl sites for hydroxylation is 1. The third kappa shape index (κ3) is 3.09. The molecule has 0 saturated carbocycles. The number of rotatable bonds is 3. The Morgan fingerprint density at radius 2 is 1.67 bits per heavy atom. The second-order valence-corrected chi connectivity index (χ2v) is 7.04. The van der Waals surface area contributed by atoms with Crippen LogP contribution in [0.1, 0.15) is 17.5 Å². The average Bonchev–Trinajstić information content (AvgIpc) is 2.47. The summed E-state index contributed by atoms with van der Waals surface area (Å²) in [6, 6.07) is 13.6. The molecule has 0 amide bonds. The third-order valence-electron chi connectivity index (χ3n) is 3.82. The van der Waals surface area contributed by atoms with E-state index in [0.717, 1.165) is 12.8 Å². The molecule has 0 spiro atoms. The van der Waals surface area contributed by atoms with Gasteiger partial charge in [0.1, 0.15) is 5.75 Å². The normalized spacial score (nSPS) is 18.2. The number of phenolic OH excluding ortho intramolecular Hbond substituents is 1. The Labute approximate surface area is 124 Å². The minimum Gasteiger partial charge on any atom is -0.508 e. The lowest BCUT2D eigenvalue weighted by Crippen LogP contribution is -2.38. The molecule has 2 N–H and O–H groups in total. The third-order valence-corrected chi connectivity index (χ3v) is 5.35. The fourth-order valence-corrected chi connectivity index (χ4v) is 3.98. The van der Waals surface area contributed by atoms with E-state index in [9.17, 15) is 13.5 Å². The van der Waals surface area contributed by atoms with E-state index in [2.05, 4.69) is 16.9 Å². The maximum atomic E-state index is 12.3. The smallest absolute Gasteiger partial charge is 0.240 e. The lowest BCUT2D eigenvalue weighted by atomic mass is 9.89. The van der Waals surface area contributed by atoms with Gasteiger partial charge >= 0.3 is 0 Å². The fourth-order valence-electron chi connectivity index (χ4n) is 2.71. The standard InChI is InChI=1S/C16H17NO3S/c18-15-7-9-16(10-8-15)21(19,20)17-14-6-5-12-3-1-2-4-13(12)11-14/h1-4,7-10,14,17-18H,5-6,11H2. The molecule has 0 heterocycles. The Morgan fingerprint density at radius 3 is 2.38 bits per heavy atom. The number of fused-ring (bicyclic) bond motifs is 1. The molecule has 5 heteroatoms. The molecule has 0 aromatic heterocycles. The molecule has 110 valence electrons. The van der Waals surface area contributed by atoms with Gasteiger partial charge in [0, 0.05) is 6.04 Å². The van der Waals surface area contributed by atoms with Crippen molar-refractivity contribution < 1.29 is 13.5 Å². The zero-order valence-electron chi connectivity index (χ0n) is 11.5. The van der Waals surface area contributed by atoms with Gasteiger partial charge in [-0.3, -0.25) is 0 Å². The lowest BCUT2D eigenvalue weighted by molar-refractivity contribution is 0.474. The topological polar surface area (TPSA) is 66.4 Å². The summed E-state index contributed by atoms with van der Waals surface area (Å²) in [5.41, 5.74) is 2.51. The minimum atomic E-state index is -3.54. The van der Waals surface area contributed by atoms with Crippen LogP contribution >= 0.6 is 0 Å². The van der Waals surface area contributed by atoms with E-state index < -0.39 is 10.0 Å². The molecule has 2 aromatic carbocycles. The summed E-state index contributed by atoms with van der Waals surface area (Å²) in [6.45, 7) is 0.